The highest BCUT2D eigenvalue weighted by molar-refractivity contribution is 7.88. The molecular weight excluding hydrogens is 330 g/mol. The van der Waals surface area contributed by atoms with Crippen LogP contribution in [0.25, 0.3) is 0 Å². The first-order valence-corrected chi connectivity index (χ1v) is 8.99. The summed E-state index contributed by atoms with van der Waals surface area (Å²) in [5.41, 5.74) is 0.635. The molecule has 2 rings (SSSR count). The van der Waals surface area contributed by atoms with E-state index in [1.807, 2.05) is 6.07 Å². The Balaban J connectivity index is 2.03. The molecule has 0 aliphatic heterocycles. The van der Waals surface area contributed by atoms with Crippen LogP contribution in [-0.4, -0.2) is 50.5 Å². The topological polar surface area (TPSA) is 79.8 Å². The zero-order chi connectivity index (χ0) is 17.7. The van der Waals surface area contributed by atoms with Gasteiger partial charge >= 0.3 is 0 Å². The zero-order valence-corrected chi connectivity index (χ0v) is 14.5. The zero-order valence-electron chi connectivity index (χ0n) is 13.7. The Morgan fingerprint density at radius 2 is 1.79 bits per heavy atom. The van der Waals surface area contributed by atoms with Gasteiger partial charge in [0.15, 0.2) is 0 Å². The molecule has 0 atom stereocenters. The fourth-order valence-electron chi connectivity index (χ4n) is 1.82. The number of hydrogen-bond acceptors (Lipinski definition) is 5. The van der Waals surface area contributed by atoms with Gasteiger partial charge in [0.25, 0.3) is 0 Å². The van der Waals surface area contributed by atoms with Crippen LogP contribution in [0.5, 0.6) is 11.6 Å². The lowest BCUT2D eigenvalue weighted by Crippen LogP contribution is -2.38. The van der Waals surface area contributed by atoms with Crippen molar-refractivity contribution in [1.29, 1.82) is 0 Å². The van der Waals surface area contributed by atoms with Gasteiger partial charge in [0.05, 0.1) is 12.8 Å². The van der Waals surface area contributed by atoms with Crippen LogP contribution in [0.3, 0.4) is 0 Å². The maximum Gasteiger partial charge on any atom is 0.242 e. The fraction of sp³-hybridized carbons (Fsp3) is 0.250. The Labute approximate surface area is 141 Å². The number of sulfonamides is 1. The van der Waals surface area contributed by atoms with E-state index >= 15 is 0 Å². The summed E-state index contributed by atoms with van der Waals surface area (Å²) < 4.78 is 29.3. The van der Waals surface area contributed by atoms with Crippen LogP contribution in [0.2, 0.25) is 0 Å². The number of likely N-dealkylation sites (N-methyl/N-ethyl adjacent to an activating group) is 2. The van der Waals surface area contributed by atoms with E-state index in [0.29, 0.717) is 17.3 Å². The largest absolute Gasteiger partial charge is 0.439 e. The summed E-state index contributed by atoms with van der Waals surface area (Å²) in [5, 5.41) is 0. The molecule has 1 amide bonds. The highest BCUT2D eigenvalue weighted by atomic mass is 32.2. The molecule has 7 nitrogen and oxygen atoms in total. The summed E-state index contributed by atoms with van der Waals surface area (Å²) in [7, 11) is -0.440. The Hall–Kier alpha value is -2.45. The van der Waals surface area contributed by atoms with Gasteiger partial charge in [-0.1, -0.05) is 6.07 Å². The molecule has 2 aromatic rings. The number of nitrogens with zero attached hydrogens (tertiary/aromatic N) is 3. The van der Waals surface area contributed by atoms with Crippen molar-refractivity contribution in [2.24, 2.45) is 0 Å². The van der Waals surface area contributed by atoms with Crippen LogP contribution >= 0.6 is 0 Å². The predicted molar refractivity (Wildman–Crippen MR) is 91.6 cm³/mol. The van der Waals surface area contributed by atoms with Crippen LogP contribution in [-0.2, 0) is 14.8 Å². The first kappa shape index (κ1) is 17.9. The number of benzene rings is 1. The molecule has 24 heavy (non-hydrogen) atoms. The average molecular weight is 349 g/mol. The molecule has 0 saturated heterocycles. The molecule has 1 aromatic heterocycles. The summed E-state index contributed by atoms with van der Waals surface area (Å²) in [6.07, 6.45) is 2.69. The van der Waals surface area contributed by atoms with Gasteiger partial charge in [-0.05, 0) is 30.3 Å². The Morgan fingerprint density at radius 3 is 2.33 bits per heavy atom. The van der Waals surface area contributed by atoms with E-state index in [9.17, 15) is 13.2 Å². The Kier molecular flexibility index (Phi) is 5.53. The highest BCUT2D eigenvalue weighted by Gasteiger charge is 2.18. The molecule has 0 spiro atoms. The Bertz CT molecular complexity index is 792. The summed E-state index contributed by atoms with van der Waals surface area (Å²) in [6.45, 7) is -0.221. The number of pyridine rings is 1. The quantitative estimate of drug-likeness (QED) is 0.793. The molecule has 128 valence electrons. The van der Waals surface area contributed by atoms with Crippen molar-refractivity contribution in [3.8, 4) is 11.6 Å². The van der Waals surface area contributed by atoms with E-state index in [1.165, 1.54) is 11.9 Å². The number of anilines is 1. The van der Waals surface area contributed by atoms with Gasteiger partial charge in [-0.15, -0.1) is 0 Å². The number of aromatic nitrogens is 1. The number of amides is 1. The number of carbonyl (C=O) groups is 1. The number of ether oxygens (including phenoxy) is 1. The first-order valence-electron chi connectivity index (χ1n) is 7.14. The number of hydrogen-bond donors (Lipinski definition) is 0. The molecular formula is C16H19N3O4S. The lowest BCUT2D eigenvalue weighted by molar-refractivity contribution is -0.118. The molecule has 1 aromatic carbocycles. The number of rotatable bonds is 6. The third kappa shape index (κ3) is 4.77. The second-order valence-electron chi connectivity index (χ2n) is 5.24. The SMILES string of the molecule is CN(C(=O)CN(C)S(C)(=O)=O)c1ccc(Oc2ccccn2)cc1. The van der Waals surface area contributed by atoms with E-state index in [-0.39, 0.29) is 12.5 Å². The van der Waals surface area contributed by atoms with Gasteiger partial charge in [-0.3, -0.25) is 4.79 Å². The minimum absolute atomic E-state index is 0.221. The van der Waals surface area contributed by atoms with Gasteiger partial charge in [0, 0.05) is 32.0 Å². The first-order chi connectivity index (χ1) is 11.3. The maximum atomic E-state index is 12.2. The van der Waals surface area contributed by atoms with Crippen molar-refractivity contribution >= 4 is 21.6 Å². The number of carbonyl (C=O) groups excluding carboxylic acids is 1. The molecule has 0 aliphatic rings. The van der Waals surface area contributed by atoms with Crippen LogP contribution < -0.4 is 9.64 Å². The maximum absolute atomic E-state index is 12.2. The van der Waals surface area contributed by atoms with Crippen molar-refractivity contribution in [3.63, 3.8) is 0 Å². The summed E-state index contributed by atoms with van der Waals surface area (Å²) >= 11 is 0. The lowest BCUT2D eigenvalue weighted by Gasteiger charge is -2.21. The second kappa shape index (κ2) is 7.41. The molecule has 0 bridgehead atoms. The van der Waals surface area contributed by atoms with E-state index in [1.54, 1.807) is 49.6 Å². The summed E-state index contributed by atoms with van der Waals surface area (Å²) in [6, 6.07) is 12.2. The molecule has 0 N–H and O–H groups in total. The van der Waals surface area contributed by atoms with E-state index in [2.05, 4.69) is 4.98 Å². The van der Waals surface area contributed by atoms with Crippen LogP contribution in [0.15, 0.2) is 48.7 Å². The van der Waals surface area contributed by atoms with Crippen LogP contribution in [0.1, 0.15) is 0 Å². The highest BCUT2D eigenvalue weighted by Crippen LogP contribution is 2.22. The molecule has 0 radical (unpaired) electrons. The minimum Gasteiger partial charge on any atom is -0.439 e. The fourth-order valence-corrected chi connectivity index (χ4v) is 2.17. The van der Waals surface area contributed by atoms with Crippen molar-refractivity contribution < 1.29 is 17.9 Å². The summed E-state index contributed by atoms with van der Waals surface area (Å²) in [4.78, 5) is 17.6. The van der Waals surface area contributed by atoms with Crippen molar-refractivity contribution in [3.05, 3.63) is 48.7 Å². The average Bonchev–Trinajstić information content (AvgIpc) is 2.55. The van der Waals surface area contributed by atoms with Crippen molar-refractivity contribution in [2.75, 3.05) is 31.8 Å². The second-order valence-corrected chi connectivity index (χ2v) is 7.33. The molecule has 0 unspecified atom stereocenters. The molecule has 8 heteroatoms. The third-order valence-corrected chi connectivity index (χ3v) is 4.64. The summed E-state index contributed by atoms with van der Waals surface area (Å²) in [5.74, 6) is 0.734. The molecule has 0 fully saturated rings. The normalized spacial score (nSPS) is 11.3. The predicted octanol–water partition coefficient (Wildman–Crippen LogP) is 1.73. The molecule has 1 heterocycles. The van der Waals surface area contributed by atoms with Gasteiger partial charge < -0.3 is 9.64 Å². The minimum atomic E-state index is -3.40. The van der Waals surface area contributed by atoms with E-state index in [0.717, 1.165) is 10.6 Å². The smallest absolute Gasteiger partial charge is 0.242 e. The molecule has 0 saturated carbocycles. The monoisotopic (exact) mass is 349 g/mol. The van der Waals surface area contributed by atoms with E-state index in [4.69, 9.17) is 4.74 Å². The standard InChI is InChI=1S/C16H19N3O4S/c1-18(24(3,21)22)12-16(20)19(2)13-7-9-14(10-8-13)23-15-6-4-5-11-17-15/h4-11H,12H2,1-3H3. The van der Waals surface area contributed by atoms with Gasteiger partial charge in [-0.2, -0.15) is 4.31 Å². The van der Waals surface area contributed by atoms with Gasteiger partial charge in [-0.25, -0.2) is 13.4 Å². The lowest BCUT2D eigenvalue weighted by atomic mass is 10.2. The van der Waals surface area contributed by atoms with Crippen molar-refractivity contribution in [2.45, 2.75) is 0 Å². The van der Waals surface area contributed by atoms with E-state index < -0.39 is 10.0 Å². The third-order valence-electron chi connectivity index (χ3n) is 3.38. The molecule has 0 aliphatic carbocycles. The van der Waals surface area contributed by atoms with Crippen molar-refractivity contribution in [1.82, 2.24) is 9.29 Å². The van der Waals surface area contributed by atoms with Crippen LogP contribution in [0.4, 0.5) is 5.69 Å². The van der Waals surface area contributed by atoms with Crippen LogP contribution in [0, 0.1) is 0 Å². The Morgan fingerprint density at radius 1 is 1.12 bits per heavy atom. The van der Waals surface area contributed by atoms with Gasteiger partial charge in [0.1, 0.15) is 5.75 Å². The van der Waals surface area contributed by atoms with Gasteiger partial charge in [0.2, 0.25) is 21.8 Å².